The number of aromatic nitrogens is 5. The van der Waals surface area contributed by atoms with Gasteiger partial charge in [-0.25, -0.2) is 15.0 Å². The van der Waals surface area contributed by atoms with Crippen LogP contribution in [-0.2, 0) is 6.42 Å². The Labute approximate surface area is 174 Å². The van der Waals surface area contributed by atoms with Crippen molar-refractivity contribution < 1.29 is 4.79 Å². The highest BCUT2D eigenvalue weighted by Crippen LogP contribution is 2.23. The van der Waals surface area contributed by atoms with Gasteiger partial charge in [-0.1, -0.05) is 24.3 Å². The van der Waals surface area contributed by atoms with Crippen LogP contribution >= 0.6 is 0 Å². The number of para-hydroxylation sites is 1. The highest BCUT2D eigenvalue weighted by atomic mass is 16.2. The quantitative estimate of drug-likeness (QED) is 0.568. The number of H-pyrrole nitrogens is 1. The third kappa shape index (κ3) is 3.78. The first-order valence-corrected chi connectivity index (χ1v) is 10.2. The molecule has 0 aliphatic carbocycles. The Balaban J connectivity index is 1.30. The molecule has 1 N–H and O–H groups in total. The number of hydrogen-bond donors (Lipinski definition) is 1. The molecule has 0 spiro atoms. The summed E-state index contributed by atoms with van der Waals surface area (Å²) in [4.78, 5) is 35.9. The van der Waals surface area contributed by atoms with Crippen molar-refractivity contribution in [2.24, 2.45) is 5.92 Å². The molecular formula is C23H22N6O. The number of rotatable bonds is 4. The molecule has 30 heavy (non-hydrogen) atoms. The summed E-state index contributed by atoms with van der Waals surface area (Å²) in [6.07, 6.45) is 9.83. The molecule has 1 aromatic carbocycles. The topological polar surface area (TPSA) is 87.7 Å². The fourth-order valence-corrected chi connectivity index (χ4v) is 4.08. The van der Waals surface area contributed by atoms with E-state index in [0.29, 0.717) is 24.0 Å². The summed E-state index contributed by atoms with van der Waals surface area (Å²) < 4.78 is 0. The van der Waals surface area contributed by atoms with Crippen LogP contribution in [0.25, 0.3) is 22.4 Å². The zero-order valence-corrected chi connectivity index (χ0v) is 16.5. The first-order valence-electron chi connectivity index (χ1n) is 10.2. The van der Waals surface area contributed by atoms with E-state index in [1.807, 2.05) is 41.3 Å². The van der Waals surface area contributed by atoms with Gasteiger partial charge in [0.05, 0.1) is 17.4 Å². The standard InChI is InChI=1S/C23H22N6O/c30-23(20-8-7-17-5-1-2-6-19(17)28-20)29-11-3-4-16(15-29)12-18-13-24-14-21(27-18)22-25-9-10-26-22/h1-2,5-10,13-14,16H,3-4,11-12,15H2,(H,25,26)/t16-/m0/s1. The van der Waals surface area contributed by atoms with Gasteiger partial charge in [0.15, 0.2) is 5.82 Å². The Morgan fingerprint density at radius 3 is 2.97 bits per heavy atom. The predicted molar refractivity (Wildman–Crippen MR) is 114 cm³/mol. The van der Waals surface area contributed by atoms with E-state index >= 15 is 0 Å². The van der Waals surface area contributed by atoms with Gasteiger partial charge in [0, 0.05) is 37.1 Å². The Hall–Kier alpha value is -3.61. The number of benzene rings is 1. The van der Waals surface area contributed by atoms with Crippen LogP contribution in [0.15, 0.2) is 61.2 Å². The third-order valence-electron chi connectivity index (χ3n) is 5.55. The molecule has 4 heterocycles. The maximum absolute atomic E-state index is 13.1. The van der Waals surface area contributed by atoms with Gasteiger partial charge in [0.1, 0.15) is 11.4 Å². The smallest absolute Gasteiger partial charge is 0.272 e. The maximum atomic E-state index is 13.1. The van der Waals surface area contributed by atoms with Crippen molar-refractivity contribution >= 4 is 16.8 Å². The van der Waals surface area contributed by atoms with Crippen LogP contribution in [0.1, 0.15) is 29.0 Å². The van der Waals surface area contributed by atoms with Gasteiger partial charge < -0.3 is 9.88 Å². The van der Waals surface area contributed by atoms with Crippen LogP contribution in [-0.4, -0.2) is 48.8 Å². The van der Waals surface area contributed by atoms with Crippen molar-refractivity contribution in [1.29, 1.82) is 0 Å². The molecule has 7 nitrogen and oxygen atoms in total. The SMILES string of the molecule is O=C(c1ccc2ccccc2n1)N1CCC[C@@H](Cc2cncc(-c3ncc[nH]3)n2)C1. The van der Waals surface area contributed by atoms with Gasteiger partial charge in [0.25, 0.3) is 5.91 Å². The van der Waals surface area contributed by atoms with Crippen molar-refractivity contribution in [3.63, 3.8) is 0 Å². The number of fused-ring (bicyclic) bond motifs is 1. The highest BCUT2D eigenvalue weighted by Gasteiger charge is 2.26. The molecule has 150 valence electrons. The van der Waals surface area contributed by atoms with Gasteiger partial charge in [-0.05, 0) is 37.3 Å². The van der Waals surface area contributed by atoms with Crippen molar-refractivity contribution in [3.8, 4) is 11.5 Å². The molecular weight excluding hydrogens is 376 g/mol. The highest BCUT2D eigenvalue weighted by molar-refractivity contribution is 5.95. The van der Waals surface area contributed by atoms with E-state index < -0.39 is 0 Å². The Kier molecular flexibility index (Phi) is 4.93. The average molecular weight is 398 g/mol. The minimum atomic E-state index is 0.000809. The molecule has 1 atom stereocenters. The van der Waals surface area contributed by atoms with Crippen LogP contribution in [0, 0.1) is 5.92 Å². The maximum Gasteiger partial charge on any atom is 0.272 e. The number of amides is 1. The van der Waals surface area contributed by atoms with E-state index in [1.165, 1.54) is 0 Å². The molecule has 1 aliphatic heterocycles. The van der Waals surface area contributed by atoms with Gasteiger partial charge in [-0.15, -0.1) is 0 Å². The molecule has 0 unspecified atom stereocenters. The molecule has 0 saturated carbocycles. The molecule has 5 rings (SSSR count). The lowest BCUT2D eigenvalue weighted by atomic mass is 9.93. The Morgan fingerprint density at radius 2 is 2.07 bits per heavy atom. The van der Waals surface area contributed by atoms with Gasteiger partial charge in [-0.2, -0.15) is 0 Å². The second-order valence-electron chi connectivity index (χ2n) is 7.69. The molecule has 0 radical (unpaired) electrons. The zero-order chi connectivity index (χ0) is 20.3. The van der Waals surface area contributed by atoms with E-state index in [-0.39, 0.29) is 5.91 Å². The first kappa shape index (κ1) is 18.4. The van der Waals surface area contributed by atoms with Crippen molar-refractivity contribution in [2.75, 3.05) is 13.1 Å². The van der Waals surface area contributed by atoms with Crippen LogP contribution < -0.4 is 0 Å². The monoisotopic (exact) mass is 398 g/mol. The minimum absolute atomic E-state index is 0.000809. The molecule has 0 bridgehead atoms. The number of nitrogens with one attached hydrogen (secondary N) is 1. The number of carbonyl (C=O) groups is 1. The van der Waals surface area contributed by atoms with Crippen molar-refractivity contribution in [3.05, 3.63) is 72.6 Å². The Morgan fingerprint density at radius 1 is 1.13 bits per heavy atom. The molecule has 1 saturated heterocycles. The molecule has 4 aromatic rings. The number of likely N-dealkylation sites (tertiary alicyclic amines) is 1. The molecule has 7 heteroatoms. The number of hydrogen-bond acceptors (Lipinski definition) is 5. The van der Waals surface area contributed by atoms with E-state index in [9.17, 15) is 4.79 Å². The van der Waals surface area contributed by atoms with Crippen molar-refractivity contribution in [1.82, 2.24) is 29.8 Å². The van der Waals surface area contributed by atoms with Gasteiger partial charge >= 0.3 is 0 Å². The van der Waals surface area contributed by atoms with Gasteiger partial charge in [-0.3, -0.25) is 9.78 Å². The average Bonchev–Trinajstić information content (AvgIpc) is 3.34. The summed E-state index contributed by atoms with van der Waals surface area (Å²) >= 11 is 0. The number of carbonyl (C=O) groups excluding carboxylic acids is 1. The summed E-state index contributed by atoms with van der Waals surface area (Å²) in [7, 11) is 0. The van der Waals surface area contributed by atoms with Crippen LogP contribution in [0.4, 0.5) is 0 Å². The fourth-order valence-electron chi connectivity index (χ4n) is 4.08. The predicted octanol–water partition coefficient (Wildman–Crippen LogP) is 3.51. The van der Waals surface area contributed by atoms with Gasteiger partial charge in [0.2, 0.25) is 0 Å². The normalized spacial score (nSPS) is 16.7. The van der Waals surface area contributed by atoms with Crippen molar-refractivity contribution in [2.45, 2.75) is 19.3 Å². The van der Waals surface area contributed by atoms with E-state index in [1.54, 1.807) is 24.8 Å². The molecule has 1 aliphatic rings. The number of nitrogens with zero attached hydrogens (tertiary/aromatic N) is 5. The Bertz CT molecular complexity index is 1170. The summed E-state index contributed by atoms with van der Waals surface area (Å²) in [5.41, 5.74) is 3.02. The largest absolute Gasteiger partial charge is 0.343 e. The summed E-state index contributed by atoms with van der Waals surface area (Å²) in [6, 6.07) is 11.7. The second kappa shape index (κ2) is 8.02. The lowest BCUT2D eigenvalue weighted by Gasteiger charge is -2.32. The fraction of sp³-hybridized carbons (Fsp3) is 0.261. The summed E-state index contributed by atoms with van der Waals surface area (Å²) in [5, 5.41) is 1.04. The van der Waals surface area contributed by atoms with E-state index in [2.05, 4.69) is 19.9 Å². The lowest BCUT2D eigenvalue weighted by molar-refractivity contribution is 0.0667. The number of imidazole rings is 1. The molecule has 3 aromatic heterocycles. The minimum Gasteiger partial charge on any atom is -0.343 e. The lowest BCUT2D eigenvalue weighted by Crippen LogP contribution is -2.40. The van der Waals surface area contributed by atoms with E-state index in [0.717, 1.165) is 48.1 Å². The number of pyridine rings is 1. The van der Waals surface area contributed by atoms with Crippen LogP contribution in [0.2, 0.25) is 0 Å². The third-order valence-corrected chi connectivity index (χ3v) is 5.55. The number of piperidine rings is 1. The van der Waals surface area contributed by atoms with E-state index in [4.69, 9.17) is 4.98 Å². The first-order chi connectivity index (χ1) is 14.8. The number of aromatic amines is 1. The second-order valence-corrected chi connectivity index (χ2v) is 7.69. The summed E-state index contributed by atoms with van der Waals surface area (Å²) in [6.45, 7) is 1.47. The van der Waals surface area contributed by atoms with Crippen LogP contribution in [0.5, 0.6) is 0 Å². The zero-order valence-electron chi connectivity index (χ0n) is 16.5. The molecule has 1 amide bonds. The summed E-state index contributed by atoms with van der Waals surface area (Å²) in [5.74, 6) is 1.07. The van der Waals surface area contributed by atoms with Crippen LogP contribution in [0.3, 0.4) is 0 Å². The molecule has 1 fully saturated rings.